The lowest BCUT2D eigenvalue weighted by Crippen LogP contribution is -2.36. The zero-order valence-corrected chi connectivity index (χ0v) is 10.8. The number of esters is 1. The summed E-state index contributed by atoms with van der Waals surface area (Å²) >= 11 is 0. The normalized spacial score (nSPS) is 12.0. The lowest BCUT2D eigenvalue weighted by molar-refractivity contribution is -0.143. The SMILES string of the molecule is CNC(CCOc1ccc(C)c(F)c1)C(=O)OC. The maximum absolute atomic E-state index is 13.2. The molecule has 0 heterocycles. The maximum atomic E-state index is 13.2. The molecule has 4 nitrogen and oxygen atoms in total. The summed E-state index contributed by atoms with van der Waals surface area (Å²) in [6, 6.07) is 4.28. The van der Waals surface area contributed by atoms with Gasteiger partial charge in [-0.1, -0.05) is 6.07 Å². The minimum atomic E-state index is -0.412. The molecule has 1 rings (SSSR count). The molecule has 0 aromatic heterocycles. The van der Waals surface area contributed by atoms with Crippen LogP contribution < -0.4 is 10.1 Å². The molecule has 0 fully saturated rings. The summed E-state index contributed by atoms with van der Waals surface area (Å²) in [6.45, 7) is 2.00. The van der Waals surface area contributed by atoms with Gasteiger partial charge in [0.05, 0.1) is 13.7 Å². The third kappa shape index (κ3) is 4.00. The highest BCUT2D eigenvalue weighted by molar-refractivity contribution is 5.75. The van der Waals surface area contributed by atoms with E-state index in [0.717, 1.165) is 0 Å². The van der Waals surface area contributed by atoms with Crippen LogP contribution in [0.15, 0.2) is 18.2 Å². The molecule has 0 amide bonds. The lowest BCUT2D eigenvalue weighted by atomic mass is 10.2. The first-order chi connectivity index (χ1) is 8.58. The van der Waals surface area contributed by atoms with E-state index >= 15 is 0 Å². The van der Waals surface area contributed by atoms with Crippen molar-refractivity contribution >= 4 is 5.97 Å². The second-order valence-electron chi connectivity index (χ2n) is 3.91. The van der Waals surface area contributed by atoms with E-state index in [9.17, 15) is 9.18 Å². The quantitative estimate of drug-likeness (QED) is 0.785. The van der Waals surface area contributed by atoms with Crippen molar-refractivity contribution in [3.8, 4) is 5.75 Å². The molecular weight excluding hydrogens is 237 g/mol. The van der Waals surface area contributed by atoms with Crippen LogP contribution in [0, 0.1) is 12.7 Å². The molecule has 18 heavy (non-hydrogen) atoms. The predicted molar refractivity (Wildman–Crippen MR) is 66.1 cm³/mol. The van der Waals surface area contributed by atoms with E-state index in [1.807, 2.05) is 0 Å². The molecule has 0 spiro atoms. The zero-order chi connectivity index (χ0) is 13.5. The highest BCUT2D eigenvalue weighted by Gasteiger charge is 2.16. The average Bonchev–Trinajstić information content (AvgIpc) is 2.38. The molecule has 0 aliphatic rings. The van der Waals surface area contributed by atoms with Gasteiger partial charge in [-0.15, -0.1) is 0 Å². The summed E-state index contributed by atoms with van der Waals surface area (Å²) < 4.78 is 23.3. The second kappa shape index (κ2) is 6.96. The predicted octanol–water partition coefficient (Wildman–Crippen LogP) is 1.66. The number of nitrogens with one attached hydrogen (secondary N) is 1. The van der Waals surface area contributed by atoms with Gasteiger partial charge in [-0.2, -0.15) is 0 Å². The van der Waals surface area contributed by atoms with Crippen LogP contribution in [0.2, 0.25) is 0 Å². The van der Waals surface area contributed by atoms with Crippen molar-refractivity contribution < 1.29 is 18.7 Å². The number of ether oxygens (including phenoxy) is 2. The Morgan fingerprint density at radius 3 is 2.78 bits per heavy atom. The number of hydrogen-bond donors (Lipinski definition) is 1. The smallest absolute Gasteiger partial charge is 0.322 e. The van der Waals surface area contributed by atoms with E-state index in [2.05, 4.69) is 10.1 Å². The van der Waals surface area contributed by atoms with Crippen LogP contribution in [0.5, 0.6) is 5.75 Å². The topological polar surface area (TPSA) is 47.6 Å². The van der Waals surface area contributed by atoms with Gasteiger partial charge < -0.3 is 14.8 Å². The number of hydrogen-bond acceptors (Lipinski definition) is 4. The summed E-state index contributed by atoms with van der Waals surface area (Å²) in [5.74, 6) is -0.181. The molecular formula is C13H18FNO3. The first-order valence-electron chi connectivity index (χ1n) is 5.72. The summed E-state index contributed by atoms with van der Waals surface area (Å²) in [5.41, 5.74) is 0.574. The molecule has 5 heteroatoms. The van der Waals surface area contributed by atoms with Gasteiger partial charge in [0.25, 0.3) is 0 Å². The van der Waals surface area contributed by atoms with E-state index in [4.69, 9.17) is 4.74 Å². The van der Waals surface area contributed by atoms with Gasteiger partial charge in [0, 0.05) is 12.5 Å². The maximum Gasteiger partial charge on any atom is 0.322 e. The average molecular weight is 255 g/mol. The van der Waals surface area contributed by atoms with E-state index in [-0.39, 0.29) is 11.8 Å². The van der Waals surface area contributed by atoms with E-state index < -0.39 is 6.04 Å². The Balaban J connectivity index is 2.45. The fourth-order valence-corrected chi connectivity index (χ4v) is 1.48. The Bertz CT molecular complexity index is 409. The van der Waals surface area contributed by atoms with Crippen molar-refractivity contribution in [1.29, 1.82) is 0 Å². The molecule has 0 aliphatic heterocycles. The summed E-state index contributed by atoms with van der Waals surface area (Å²) in [5, 5.41) is 2.83. The van der Waals surface area contributed by atoms with Crippen molar-refractivity contribution in [3.63, 3.8) is 0 Å². The third-order valence-corrected chi connectivity index (χ3v) is 2.65. The monoisotopic (exact) mass is 255 g/mol. The fraction of sp³-hybridized carbons (Fsp3) is 0.462. The molecule has 0 bridgehead atoms. The van der Waals surface area contributed by atoms with Crippen molar-refractivity contribution in [1.82, 2.24) is 5.32 Å². The first kappa shape index (κ1) is 14.4. The van der Waals surface area contributed by atoms with Crippen LogP contribution in [0.25, 0.3) is 0 Å². The Morgan fingerprint density at radius 1 is 1.50 bits per heavy atom. The molecule has 0 aliphatic carbocycles. The first-order valence-corrected chi connectivity index (χ1v) is 5.72. The molecule has 0 radical (unpaired) electrons. The number of carbonyl (C=O) groups is 1. The molecule has 100 valence electrons. The molecule has 0 saturated heterocycles. The Hall–Kier alpha value is -1.62. The summed E-state index contributed by atoms with van der Waals surface area (Å²) in [6.07, 6.45) is 0.457. The Labute approximate surface area is 106 Å². The highest BCUT2D eigenvalue weighted by atomic mass is 19.1. The number of carbonyl (C=O) groups excluding carboxylic acids is 1. The van der Waals surface area contributed by atoms with Crippen molar-refractivity contribution in [3.05, 3.63) is 29.6 Å². The number of halogens is 1. The van der Waals surface area contributed by atoms with Crippen LogP contribution in [-0.2, 0) is 9.53 Å². The molecule has 1 unspecified atom stereocenters. The zero-order valence-electron chi connectivity index (χ0n) is 10.8. The molecule has 1 N–H and O–H groups in total. The van der Waals surface area contributed by atoms with Gasteiger partial charge >= 0.3 is 5.97 Å². The number of rotatable bonds is 6. The summed E-state index contributed by atoms with van der Waals surface area (Å²) in [4.78, 5) is 11.3. The Morgan fingerprint density at radius 2 is 2.22 bits per heavy atom. The van der Waals surface area contributed by atoms with E-state index in [0.29, 0.717) is 24.3 Å². The van der Waals surface area contributed by atoms with Gasteiger partial charge in [-0.3, -0.25) is 4.79 Å². The van der Waals surface area contributed by atoms with Gasteiger partial charge in [-0.05, 0) is 25.6 Å². The minimum absolute atomic E-state index is 0.300. The largest absolute Gasteiger partial charge is 0.493 e. The fourth-order valence-electron chi connectivity index (χ4n) is 1.48. The number of methoxy groups -OCH3 is 1. The van der Waals surface area contributed by atoms with Gasteiger partial charge in [0.1, 0.15) is 17.6 Å². The van der Waals surface area contributed by atoms with Crippen LogP contribution in [0.1, 0.15) is 12.0 Å². The van der Waals surface area contributed by atoms with Gasteiger partial charge in [-0.25, -0.2) is 4.39 Å². The van der Waals surface area contributed by atoms with Crippen LogP contribution in [-0.4, -0.2) is 32.8 Å². The van der Waals surface area contributed by atoms with Crippen molar-refractivity contribution in [2.24, 2.45) is 0 Å². The third-order valence-electron chi connectivity index (χ3n) is 2.65. The van der Waals surface area contributed by atoms with Crippen LogP contribution >= 0.6 is 0 Å². The lowest BCUT2D eigenvalue weighted by Gasteiger charge is -2.14. The van der Waals surface area contributed by atoms with Crippen LogP contribution in [0.3, 0.4) is 0 Å². The number of benzene rings is 1. The van der Waals surface area contributed by atoms with Crippen LogP contribution in [0.4, 0.5) is 4.39 Å². The highest BCUT2D eigenvalue weighted by Crippen LogP contribution is 2.16. The van der Waals surface area contributed by atoms with Crippen molar-refractivity contribution in [2.75, 3.05) is 20.8 Å². The number of likely N-dealkylation sites (N-methyl/N-ethyl adjacent to an activating group) is 1. The molecule has 0 saturated carbocycles. The Kier molecular flexibility index (Phi) is 5.58. The molecule has 1 aromatic rings. The molecule has 1 aromatic carbocycles. The summed E-state index contributed by atoms with van der Waals surface area (Å²) in [7, 11) is 3.01. The standard InChI is InChI=1S/C13H18FNO3/c1-9-4-5-10(8-11(9)14)18-7-6-12(15-2)13(16)17-3/h4-5,8,12,15H,6-7H2,1-3H3. The van der Waals surface area contributed by atoms with Gasteiger partial charge in [0.2, 0.25) is 0 Å². The van der Waals surface area contributed by atoms with Gasteiger partial charge in [0.15, 0.2) is 0 Å². The molecule has 1 atom stereocenters. The second-order valence-corrected chi connectivity index (χ2v) is 3.91. The van der Waals surface area contributed by atoms with E-state index in [1.165, 1.54) is 13.2 Å². The minimum Gasteiger partial charge on any atom is -0.493 e. The van der Waals surface area contributed by atoms with E-state index in [1.54, 1.807) is 26.1 Å². The number of aryl methyl sites for hydroxylation is 1. The van der Waals surface area contributed by atoms with Crippen molar-refractivity contribution in [2.45, 2.75) is 19.4 Å².